The maximum Gasteiger partial charge on any atom is 0.310 e. The van der Waals surface area contributed by atoms with Crippen molar-refractivity contribution >= 4 is 17.9 Å². The SMILES string of the molecule is C.C=C(O)C(C)C(C)C(=O)O.CC(=O)OC(C)=O. The van der Waals surface area contributed by atoms with Crippen LogP contribution in [-0.2, 0) is 19.1 Å². The Morgan fingerprint density at radius 2 is 1.33 bits per heavy atom. The largest absolute Gasteiger partial charge is 0.513 e. The molecule has 0 aliphatic heterocycles. The molecule has 2 atom stereocenters. The molecule has 6 nitrogen and oxygen atoms in total. The number of hydrogen-bond donors (Lipinski definition) is 2. The zero-order valence-electron chi connectivity index (χ0n) is 10.4. The summed E-state index contributed by atoms with van der Waals surface area (Å²) < 4.78 is 3.97. The zero-order chi connectivity index (χ0) is 14.2. The van der Waals surface area contributed by atoms with Gasteiger partial charge in [0.25, 0.3) is 0 Å². The molecule has 0 aromatic carbocycles. The standard InChI is InChI=1S/C7H12O3.C4H6O3.CH4/c1-4(6(3)8)5(2)7(9)10;1-3(5)7-4(2)6;/h4-5,8H,3H2,1-2H3,(H,9,10);1-2H3;1H4. The molecule has 0 aliphatic rings. The Labute approximate surface area is 107 Å². The third-order valence-corrected chi connectivity index (χ3v) is 1.95. The number of carboxylic acid groups (broad SMARTS) is 1. The Bertz CT molecular complexity index is 278. The molecule has 0 aromatic heterocycles. The fraction of sp³-hybridized carbons (Fsp3) is 0.583. The lowest BCUT2D eigenvalue weighted by Gasteiger charge is -2.13. The molecule has 0 saturated carbocycles. The van der Waals surface area contributed by atoms with Crippen LogP contribution in [0.1, 0.15) is 35.1 Å². The van der Waals surface area contributed by atoms with Crippen molar-refractivity contribution < 1.29 is 29.3 Å². The highest BCUT2D eigenvalue weighted by Crippen LogP contribution is 2.16. The van der Waals surface area contributed by atoms with E-state index in [4.69, 9.17) is 10.2 Å². The molecular weight excluding hydrogens is 240 g/mol. The molecule has 0 fully saturated rings. The quantitative estimate of drug-likeness (QED) is 0.459. The Hall–Kier alpha value is -1.85. The third-order valence-electron chi connectivity index (χ3n) is 1.95. The number of allylic oxidation sites excluding steroid dienone is 1. The van der Waals surface area contributed by atoms with Gasteiger partial charge in [-0.3, -0.25) is 14.4 Å². The summed E-state index contributed by atoms with van der Waals surface area (Å²) in [7, 11) is 0. The molecule has 0 bridgehead atoms. The van der Waals surface area contributed by atoms with Crippen molar-refractivity contribution in [2.75, 3.05) is 0 Å². The molecule has 2 N–H and O–H groups in total. The van der Waals surface area contributed by atoms with E-state index in [2.05, 4.69) is 11.3 Å². The zero-order valence-corrected chi connectivity index (χ0v) is 10.4. The summed E-state index contributed by atoms with van der Waals surface area (Å²) in [5, 5.41) is 17.2. The lowest BCUT2D eigenvalue weighted by Crippen LogP contribution is -2.19. The van der Waals surface area contributed by atoms with Crippen LogP contribution >= 0.6 is 0 Å². The summed E-state index contributed by atoms with van der Waals surface area (Å²) in [5.41, 5.74) is 0. The van der Waals surface area contributed by atoms with Gasteiger partial charge < -0.3 is 14.9 Å². The maximum atomic E-state index is 10.3. The highest BCUT2D eigenvalue weighted by atomic mass is 16.6. The van der Waals surface area contributed by atoms with E-state index >= 15 is 0 Å². The van der Waals surface area contributed by atoms with Crippen molar-refractivity contribution in [3.63, 3.8) is 0 Å². The summed E-state index contributed by atoms with van der Waals surface area (Å²) in [6.45, 7) is 8.78. The molecule has 0 amide bonds. The third kappa shape index (κ3) is 12.2. The number of carbonyl (C=O) groups excluding carboxylic acids is 2. The number of aliphatic carboxylic acids is 1. The van der Waals surface area contributed by atoms with E-state index in [9.17, 15) is 14.4 Å². The minimum absolute atomic E-state index is 0. The molecular formula is C12H22O6. The number of carboxylic acids is 1. The molecule has 0 heterocycles. The van der Waals surface area contributed by atoms with Crippen LogP contribution in [0.25, 0.3) is 0 Å². The lowest BCUT2D eigenvalue weighted by molar-refractivity contribution is -0.156. The Morgan fingerprint density at radius 1 is 1.00 bits per heavy atom. The number of hydrogen-bond acceptors (Lipinski definition) is 5. The minimum Gasteiger partial charge on any atom is -0.513 e. The second-order valence-corrected chi connectivity index (χ2v) is 3.49. The van der Waals surface area contributed by atoms with Crippen molar-refractivity contribution in [3.05, 3.63) is 12.3 Å². The number of ether oxygens (including phenoxy) is 1. The van der Waals surface area contributed by atoms with Gasteiger partial charge in [-0.25, -0.2) is 0 Å². The van der Waals surface area contributed by atoms with E-state index in [1.54, 1.807) is 6.92 Å². The van der Waals surface area contributed by atoms with E-state index < -0.39 is 23.8 Å². The number of esters is 2. The normalized spacial score (nSPS) is 11.8. The van der Waals surface area contributed by atoms with Gasteiger partial charge in [0, 0.05) is 19.8 Å². The van der Waals surface area contributed by atoms with Gasteiger partial charge in [0.1, 0.15) is 0 Å². The van der Waals surface area contributed by atoms with E-state index in [0.717, 1.165) is 0 Å². The van der Waals surface area contributed by atoms with Crippen LogP contribution in [0.4, 0.5) is 0 Å². The molecule has 18 heavy (non-hydrogen) atoms. The van der Waals surface area contributed by atoms with Crippen LogP contribution in [0.3, 0.4) is 0 Å². The number of aliphatic hydroxyl groups is 1. The van der Waals surface area contributed by atoms with Gasteiger partial charge in [-0.15, -0.1) is 0 Å². The van der Waals surface area contributed by atoms with Gasteiger partial charge in [0.15, 0.2) is 0 Å². The number of carbonyl (C=O) groups is 3. The van der Waals surface area contributed by atoms with E-state index in [-0.39, 0.29) is 19.1 Å². The van der Waals surface area contributed by atoms with Gasteiger partial charge in [0.2, 0.25) is 0 Å². The van der Waals surface area contributed by atoms with Crippen LogP contribution < -0.4 is 0 Å². The van der Waals surface area contributed by atoms with Crippen molar-refractivity contribution in [2.24, 2.45) is 11.8 Å². The summed E-state index contributed by atoms with van der Waals surface area (Å²) in [4.78, 5) is 29.9. The average molecular weight is 262 g/mol. The predicted molar refractivity (Wildman–Crippen MR) is 66.9 cm³/mol. The summed E-state index contributed by atoms with van der Waals surface area (Å²) in [5.74, 6) is -3.06. The van der Waals surface area contributed by atoms with Gasteiger partial charge in [-0.2, -0.15) is 0 Å². The molecule has 0 spiro atoms. The predicted octanol–water partition coefficient (Wildman–Crippen LogP) is 2.15. The second-order valence-electron chi connectivity index (χ2n) is 3.49. The monoisotopic (exact) mass is 262 g/mol. The topological polar surface area (TPSA) is 101 Å². The number of aliphatic hydroxyl groups excluding tert-OH is 1. The first-order chi connectivity index (χ1) is 7.59. The lowest BCUT2D eigenvalue weighted by atomic mass is 9.95. The van der Waals surface area contributed by atoms with Crippen molar-refractivity contribution in [3.8, 4) is 0 Å². The van der Waals surface area contributed by atoms with Crippen LogP contribution in [0.15, 0.2) is 12.3 Å². The van der Waals surface area contributed by atoms with Gasteiger partial charge >= 0.3 is 17.9 Å². The molecule has 0 aromatic rings. The minimum atomic E-state index is -0.914. The fourth-order valence-corrected chi connectivity index (χ4v) is 0.705. The Morgan fingerprint density at radius 3 is 1.39 bits per heavy atom. The van der Waals surface area contributed by atoms with E-state index in [1.165, 1.54) is 20.8 Å². The van der Waals surface area contributed by atoms with Gasteiger partial charge in [-0.1, -0.05) is 27.9 Å². The van der Waals surface area contributed by atoms with E-state index in [1.807, 2.05) is 0 Å². The average Bonchev–Trinajstić information content (AvgIpc) is 2.13. The Balaban J connectivity index is -0.000000251. The summed E-state index contributed by atoms with van der Waals surface area (Å²) >= 11 is 0. The fourth-order valence-electron chi connectivity index (χ4n) is 0.705. The van der Waals surface area contributed by atoms with Crippen molar-refractivity contribution in [2.45, 2.75) is 35.1 Å². The first kappa shape index (κ1) is 21.4. The molecule has 0 saturated heterocycles. The van der Waals surface area contributed by atoms with E-state index in [0.29, 0.717) is 0 Å². The van der Waals surface area contributed by atoms with Gasteiger partial charge in [0.05, 0.1) is 11.7 Å². The second kappa shape index (κ2) is 10.3. The maximum absolute atomic E-state index is 10.3. The molecule has 0 rings (SSSR count). The summed E-state index contributed by atoms with van der Waals surface area (Å²) in [6.07, 6.45) is 0. The molecule has 0 aliphatic carbocycles. The van der Waals surface area contributed by atoms with Crippen LogP contribution in [-0.4, -0.2) is 28.1 Å². The van der Waals surface area contributed by atoms with Crippen molar-refractivity contribution in [1.82, 2.24) is 0 Å². The molecule has 6 heteroatoms. The first-order valence-electron chi connectivity index (χ1n) is 4.89. The summed E-state index contributed by atoms with van der Waals surface area (Å²) in [6, 6.07) is 0. The van der Waals surface area contributed by atoms with Crippen LogP contribution in [0.5, 0.6) is 0 Å². The van der Waals surface area contributed by atoms with Gasteiger partial charge in [-0.05, 0) is 0 Å². The van der Waals surface area contributed by atoms with Crippen LogP contribution in [0.2, 0.25) is 0 Å². The molecule has 106 valence electrons. The first-order valence-corrected chi connectivity index (χ1v) is 4.89. The highest BCUT2D eigenvalue weighted by Gasteiger charge is 2.20. The highest BCUT2D eigenvalue weighted by molar-refractivity contribution is 5.82. The molecule has 0 radical (unpaired) electrons. The Kier molecular flexibility index (Phi) is 12.3. The smallest absolute Gasteiger partial charge is 0.310 e. The molecule has 2 unspecified atom stereocenters. The van der Waals surface area contributed by atoms with Crippen molar-refractivity contribution in [1.29, 1.82) is 0 Å². The van der Waals surface area contributed by atoms with Crippen LogP contribution in [0, 0.1) is 11.8 Å². The number of rotatable bonds is 3.